The van der Waals surface area contributed by atoms with Crippen LogP contribution in [0.15, 0.2) is 193 Å². The second-order valence-corrected chi connectivity index (χ2v) is 19.3. The van der Waals surface area contributed by atoms with E-state index in [1.807, 2.05) is 36.7 Å². The van der Waals surface area contributed by atoms with Crippen molar-refractivity contribution in [2.24, 2.45) is 0 Å². The summed E-state index contributed by atoms with van der Waals surface area (Å²) in [6.45, 7) is 15.9. The molecule has 5 heteroatoms. The first-order valence-electron chi connectivity index (χ1n) is 23.8. The first kappa shape index (κ1) is 49.2. The Morgan fingerprint density at radius 1 is 0.451 bits per heavy atom. The van der Waals surface area contributed by atoms with Crippen LogP contribution in [0.4, 0.5) is 0 Å². The molecular weight excluding hydrogens is 1220 g/mol. The molecule has 0 amide bonds. The number of benzene rings is 8. The maximum absolute atomic E-state index is 6.36. The van der Waals surface area contributed by atoms with Gasteiger partial charge in [0, 0.05) is 58.0 Å². The van der Waals surface area contributed by atoms with E-state index in [1.165, 1.54) is 61.2 Å². The van der Waals surface area contributed by atoms with Gasteiger partial charge in [0.2, 0.25) is 0 Å². The van der Waals surface area contributed by atoms with Crippen LogP contribution in [0.25, 0.3) is 111 Å². The standard InChI is InChI=1S/C66H52N2O.2Ir/c1-41-43(3)64(44(4)42(2)63(41)55-26-13-11-23-51(55)49-32-34-60(68-40-49)58-29-18-28-57-54-25-15-16-30-62(54)69-65(57)58)56-27-14-12-24-52(56)53-33-31-48(61-39-50(35-36-67-61)66(5,6)7)38-59(53)47-22-17-21-46(37-47)45-19-9-8-10-20-45;;/h8-28,30,32-40H,1-7H3;;/q-2;;. The Balaban J connectivity index is 0.00000312. The van der Waals surface area contributed by atoms with E-state index in [0.29, 0.717) is 0 Å². The predicted molar refractivity (Wildman–Crippen MR) is 288 cm³/mol. The molecule has 8 aromatic carbocycles. The Labute approximate surface area is 444 Å². The van der Waals surface area contributed by atoms with E-state index >= 15 is 0 Å². The van der Waals surface area contributed by atoms with Crippen LogP contribution in [-0.2, 0) is 45.6 Å². The van der Waals surface area contributed by atoms with E-state index in [9.17, 15) is 0 Å². The van der Waals surface area contributed by atoms with Crippen molar-refractivity contribution in [1.29, 1.82) is 0 Å². The summed E-state index contributed by atoms with van der Waals surface area (Å²) in [5.41, 5.74) is 25.5. The monoisotopic (exact) mass is 1270 g/mol. The smallest absolute Gasteiger partial charge is 0.120 e. The minimum atomic E-state index is -0.0116. The molecule has 0 spiro atoms. The normalized spacial score (nSPS) is 11.4. The summed E-state index contributed by atoms with van der Waals surface area (Å²) in [6, 6.07) is 69.6. The molecular formula is C66H52Ir2N2O-2. The summed E-state index contributed by atoms with van der Waals surface area (Å²) in [6.07, 6.45) is 3.92. The van der Waals surface area contributed by atoms with Gasteiger partial charge in [-0.1, -0.05) is 182 Å². The molecule has 0 fully saturated rings. The minimum Gasteiger partial charge on any atom is -0.501 e. The van der Waals surface area contributed by atoms with Crippen LogP contribution in [0.3, 0.4) is 0 Å². The predicted octanol–water partition coefficient (Wildman–Crippen LogP) is 17.8. The van der Waals surface area contributed by atoms with Gasteiger partial charge in [0.05, 0.1) is 5.58 Å². The van der Waals surface area contributed by atoms with E-state index in [2.05, 4.69) is 212 Å². The van der Waals surface area contributed by atoms with Crippen molar-refractivity contribution >= 4 is 21.9 Å². The molecule has 0 unspecified atom stereocenters. The molecule has 3 aromatic heterocycles. The van der Waals surface area contributed by atoms with Gasteiger partial charge < -0.3 is 14.4 Å². The number of hydrogen-bond donors (Lipinski definition) is 0. The average Bonchev–Trinajstić information content (AvgIpc) is 3.78. The van der Waals surface area contributed by atoms with Gasteiger partial charge in [0.25, 0.3) is 0 Å². The van der Waals surface area contributed by atoms with Gasteiger partial charge in [0.1, 0.15) is 5.58 Å². The number of fused-ring (bicyclic) bond motifs is 3. The Morgan fingerprint density at radius 2 is 1.07 bits per heavy atom. The van der Waals surface area contributed by atoms with Gasteiger partial charge in [-0.25, -0.2) is 0 Å². The molecule has 3 heterocycles. The Hall–Kier alpha value is -6.84. The summed E-state index contributed by atoms with van der Waals surface area (Å²) in [4.78, 5) is 9.93. The van der Waals surface area contributed by atoms with Crippen LogP contribution in [-0.4, -0.2) is 9.97 Å². The van der Waals surface area contributed by atoms with Gasteiger partial charge in [-0.3, -0.25) is 0 Å². The van der Waals surface area contributed by atoms with Crippen LogP contribution >= 0.6 is 0 Å². The molecule has 3 nitrogen and oxygen atoms in total. The van der Waals surface area contributed by atoms with Crippen molar-refractivity contribution in [2.45, 2.75) is 53.9 Å². The summed E-state index contributed by atoms with van der Waals surface area (Å²) in [5.74, 6) is 0. The fraction of sp³-hybridized carbons (Fsp3) is 0.121. The quantitative estimate of drug-likeness (QED) is 0.142. The molecule has 11 aromatic rings. The summed E-state index contributed by atoms with van der Waals surface area (Å²) in [7, 11) is 0. The summed E-state index contributed by atoms with van der Waals surface area (Å²) >= 11 is 0. The Bertz CT molecular complexity index is 3720. The molecule has 0 aliphatic carbocycles. The fourth-order valence-electron chi connectivity index (χ4n) is 10.2. The molecule has 71 heavy (non-hydrogen) atoms. The summed E-state index contributed by atoms with van der Waals surface area (Å²) in [5, 5.41) is 2.16. The van der Waals surface area contributed by atoms with Crippen molar-refractivity contribution in [3.63, 3.8) is 0 Å². The van der Waals surface area contributed by atoms with Crippen LogP contribution in [0.2, 0.25) is 0 Å². The van der Waals surface area contributed by atoms with Crippen LogP contribution in [0.5, 0.6) is 0 Å². The molecule has 0 bridgehead atoms. The number of aromatic nitrogens is 2. The van der Waals surface area contributed by atoms with Crippen molar-refractivity contribution in [1.82, 2.24) is 9.97 Å². The molecule has 2 radical (unpaired) electrons. The van der Waals surface area contributed by atoms with E-state index in [1.54, 1.807) is 0 Å². The minimum absolute atomic E-state index is 0. The Kier molecular flexibility index (Phi) is 13.9. The zero-order chi connectivity index (χ0) is 47.4. The van der Waals surface area contributed by atoms with Gasteiger partial charge in [0.15, 0.2) is 0 Å². The van der Waals surface area contributed by atoms with Crippen LogP contribution < -0.4 is 0 Å². The number of furan rings is 1. The molecule has 11 rings (SSSR count). The van der Waals surface area contributed by atoms with Crippen molar-refractivity contribution in [3.8, 4) is 89.3 Å². The van der Waals surface area contributed by atoms with E-state index in [-0.39, 0.29) is 45.6 Å². The van der Waals surface area contributed by atoms with Crippen molar-refractivity contribution < 1.29 is 44.6 Å². The zero-order valence-corrected chi connectivity index (χ0v) is 45.7. The van der Waals surface area contributed by atoms with E-state index in [4.69, 9.17) is 14.4 Å². The first-order valence-corrected chi connectivity index (χ1v) is 23.8. The SMILES string of the molecule is Cc1c(C)c(-c2ccccc2-c2c[c-]c(-c3cc(C(C)(C)C)ccn3)cc2-c2cccc(-c3ccccc3)c2)c(C)c(C)c1-c1ccccc1-c1ccc(-c2[c-]ccc3c2oc2ccccc23)nc1.[Ir].[Ir]. The van der Waals surface area contributed by atoms with E-state index in [0.717, 1.165) is 77.8 Å². The second-order valence-electron chi connectivity index (χ2n) is 19.3. The van der Waals surface area contributed by atoms with Crippen LogP contribution in [0.1, 0.15) is 48.6 Å². The average molecular weight is 1270 g/mol. The molecule has 352 valence electrons. The van der Waals surface area contributed by atoms with Gasteiger partial charge in [-0.2, -0.15) is 0 Å². The molecule has 0 aliphatic heterocycles. The van der Waals surface area contributed by atoms with Crippen LogP contribution in [0, 0.1) is 39.8 Å². The van der Waals surface area contributed by atoms with Gasteiger partial charge >= 0.3 is 0 Å². The van der Waals surface area contributed by atoms with E-state index < -0.39 is 0 Å². The molecule has 0 N–H and O–H groups in total. The molecule has 0 saturated heterocycles. The molecule has 0 saturated carbocycles. The van der Waals surface area contributed by atoms with Crippen molar-refractivity contribution in [2.75, 3.05) is 0 Å². The number of pyridine rings is 2. The summed E-state index contributed by atoms with van der Waals surface area (Å²) < 4.78 is 6.36. The van der Waals surface area contributed by atoms with Crippen molar-refractivity contribution in [3.05, 3.63) is 228 Å². The number of para-hydroxylation sites is 1. The molecule has 0 atom stereocenters. The maximum atomic E-state index is 6.36. The first-order chi connectivity index (χ1) is 33.5. The van der Waals surface area contributed by atoms with Gasteiger partial charge in [-0.15, -0.1) is 42.0 Å². The fourth-order valence-corrected chi connectivity index (χ4v) is 10.2. The third kappa shape index (κ3) is 9.10. The number of nitrogens with zero attached hydrogens (tertiary/aromatic N) is 2. The largest absolute Gasteiger partial charge is 0.501 e. The third-order valence-corrected chi connectivity index (χ3v) is 14.1. The number of rotatable bonds is 8. The Morgan fingerprint density at radius 3 is 1.76 bits per heavy atom. The molecule has 0 aliphatic rings. The third-order valence-electron chi connectivity index (χ3n) is 14.1. The maximum Gasteiger partial charge on any atom is 0.120 e. The second kappa shape index (κ2) is 20.1. The topological polar surface area (TPSA) is 38.9 Å². The van der Waals surface area contributed by atoms with Gasteiger partial charge in [-0.05, 0) is 141 Å². The zero-order valence-electron chi connectivity index (χ0n) is 40.9. The number of hydrogen-bond acceptors (Lipinski definition) is 3.